The number of anilines is 3. The highest BCUT2D eigenvalue weighted by Gasteiger charge is 2.39. The molecule has 4 rings (SSSR count). The molecule has 30 heavy (non-hydrogen) atoms. The van der Waals surface area contributed by atoms with Crippen LogP contribution in [-0.4, -0.2) is 23.8 Å². The van der Waals surface area contributed by atoms with Crippen molar-refractivity contribution in [3.8, 4) is 5.75 Å². The Balaban J connectivity index is 1.77. The van der Waals surface area contributed by atoms with Gasteiger partial charge in [0.25, 0.3) is 17.5 Å². The van der Waals surface area contributed by atoms with E-state index < -0.39 is 16.7 Å². The van der Waals surface area contributed by atoms with E-state index in [0.717, 1.165) is 16.5 Å². The first-order chi connectivity index (χ1) is 14.4. The molecule has 0 unspecified atom stereocenters. The Morgan fingerprint density at radius 2 is 1.63 bits per heavy atom. The first-order valence-electron chi connectivity index (χ1n) is 9.08. The molecule has 8 heteroatoms. The monoisotopic (exact) mass is 403 g/mol. The smallest absolute Gasteiger partial charge is 0.293 e. The third-order valence-electron chi connectivity index (χ3n) is 4.84. The van der Waals surface area contributed by atoms with Crippen molar-refractivity contribution >= 4 is 34.6 Å². The van der Waals surface area contributed by atoms with Crippen molar-refractivity contribution in [2.24, 2.45) is 0 Å². The largest absolute Gasteiger partial charge is 0.497 e. The van der Waals surface area contributed by atoms with Gasteiger partial charge in [-0.1, -0.05) is 23.8 Å². The van der Waals surface area contributed by atoms with Crippen LogP contribution in [0.3, 0.4) is 0 Å². The molecule has 3 aromatic rings. The summed E-state index contributed by atoms with van der Waals surface area (Å²) in [6.07, 6.45) is 0. The SMILES string of the molecule is COc1cccc(Nc2cc3c(cc2[N+](=O)[O-])C(=O)N(c2ccc(C)cc2)C3=O)c1. The number of hydrogen-bond donors (Lipinski definition) is 1. The van der Waals surface area contributed by atoms with Gasteiger partial charge in [0.15, 0.2) is 0 Å². The van der Waals surface area contributed by atoms with Crippen LogP contribution in [0.2, 0.25) is 0 Å². The number of aryl methyl sites for hydroxylation is 1. The third-order valence-corrected chi connectivity index (χ3v) is 4.84. The van der Waals surface area contributed by atoms with Gasteiger partial charge in [-0.2, -0.15) is 0 Å². The van der Waals surface area contributed by atoms with Crippen LogP contribution in [0.15, 0.2) is 60.7 Å². The van der Waals surface area contributed by atoms with E-state index in [4.69, 9.17) is 4.74 Å². The van der Waals surface area contributed by atoms with Gasteiger partial charge < -0.3 is 10.1 Å². The summed E-state index contributed by atoms with van der Waals surface area (Å²) in [5.41, 5.74) is 1.86. The van der Waals surface area contributed by atoms with E-state index in [1.165, 1.54) is 13.2 Å². The molecule has 1 heterocycles. The Hall–Kier alpha value is -4.20. The summed E-state index contributed by atoms with van der Waals surface area (Å²) >= 11 is 0. The fourth-order valence-electron chi connectivity index (χ4n) is 3.31. The van der Waals surface area contributed by atoms with Gasteiger partial charge in [-0.15, -0.1) is 0 Å². The minimum absolute atomic E-state index is 0.00321. The Morgan fingerprint density at radius 3 is 2.27 bits per heavy atom. The van der Waals surface area contributed by atoms with Crippen LogP contribution in [0.5, 0.6) is 5.75 Å². The fourth-order valence-corrected chi connectivity index (χ4v) is 3.31. The van der Waals surface area contributed by atoms with Crippen LogP contribution >= 0.6 is 0 Å². The number of carbonyl (C=O) groups is 2. The molecule has 0 bridgehead atoms. The standard InChI is InChI=1S/C22H17N3O5/c1-13-6-8-15(9-7-13)24-21(26)17-11-19(20(25(28)29)12-18(17)22(24)27)23-14-4-3-5-16(10-14)30-2/h3-12,23H,1-2H3. The molecule has 0 saturated carbocycles. The van der Waals surface area contributed by atoms with Crippen LogP contribution in [-0.2, 0) is 0 Å². The van der Waals surface area contributed by atoms with Gasteiger partial charge in [-0.05, 0) is 37.3 Å². The summed E-state index contributed by atoms with van der Waals surface area (Å²) in [6.45, 7) is 1.89. The first-order valence-corrected chi connectivity index (χ1v) is 9.08. The van der Waals surface area contributed by atoms with E-state index in [1.807, 2.05) is 6.92 Å². The summed E-state index contributed by atoms with van der Waals surface area (Å²) in [4.78, 5) is 37.9. The summed E-state index contributed by atoms with van der Waals surface area (Å²) < 4.78 is 5.17. The number of nitrogens with zero attached hydrogens (tertiary/aromatic N) is 2. The molecular formula is C22H17N3O5. The second-order valence-electron chi connectivity index (χ2n) is 6.81. The van der Waals surface area contributed by atoms with Crippen molar-refractivity contribution in [3.05, 3.63) is 87.5 Å². The van der Waals surface area contributed by atoms with E-state index in [9.17, 15) is 19.7 Å². The lowest BCUT2D eigenvalue weighted by atomic mass is 10.1. The van der Waals surface area contributed by atoms with Crippen LogP contribution in [0.25, 0.3) is 0 Å². The summed E-state index contributed by atoms with van der Waals surface area (Å²) in [5, 5.41) is 14.6. The molecule has 1 N–H and O–H groups in total. The highest BCUT2D eigenvalue weighted by atomic mass is 16.6. The number of nitro groups is 1. The number of rotatable bonds is 5. The van der Waals surface area contributed by atoms with Crippen LogP contribution < -0.4 is 15.0 Å². The summed E-state index contributed by atoms with van der Waals surface area (Å²) in [6, 6.07) is 16.3. The Bertz CT molecular complexity index is 1190. The number of imide groups is 1. The van der Waals surface area contributed by atoms with E-state index in [1.54, 1.807) is 48.5 Å². The van der Waals surface area contributed by atoms with Gasteiger partial charge in [0.1, 0.15) is 11.4 Å². The molecule has 0 fully saturated rings. The van der Waals surface area contributed by atoms with E-state index in [0.29, 0.717) is 17.1 Å². The predicted octanol–water partition coefficient (Wildman–Crippen LogP) is 4.46. The topological polar surface area (TPSA) is 102 Å². The predicted molar refractivity (Wildman–Crippen MR) is 112 cm³/mol. The zero-order chi connectivity index (χ0) is 21.4. The number of methoxy groups -OCH3 is 1. The summed E-state index contributed by atoms with van der Waals surface area (Å²) in [5.74, 6) is -0.544. The van der Waals surface area contributed by atoms with Crippen molar-refractivity contribution in [2.45, 2.75) is 6.92 Å². The maximum Gasteiger partial charge on any atom is 0.293 e. The molecule has 1 aliphatic rings. The molecule has 3 aromatic carbocycles. The number of carbonyl (C=O) groups excluding carboxylic acids is 2. The zero-order valence-electron chi connectivity index (χ0n) is 16.2. The van der Waals surface area contributed by atoms with Gasteiger partial charge in [-0.25, -0.2) is 4.90 Å². The molecule has 2 amide bonds. The van der Waals surface area contributed by atoms with Crippen LogP contribution in [0.1, 0.15) is 26.3 Å². The zero-order valence-corrected chi connectivity index (χ0v) is 16.2. The lowest BCUT2D eigenvalue weighted by Gasteiger charge is -2.13. The molecule has 0 atom stereocenters. The highest BCUT2D eigenvalue weighted by molar-refractivity contribution is 6.35. The van der Waals surface area contributed by atoms with Crippen molar-refractivity contribution in [1.29, 1.82) is 0 Å². The Morgan fingerprint density at radius 1 is 0.967 bits per heavy atom. The number of ether oxygens (including phenoxy) is 1. The van der Waals surface area contributed by atoms with Crippen molar-refractivity contribution < 1.29 is 19.2 Å². The summed E-state index contributed by atoms with van der Waals surface area (Å²) in [7, 11) is 1.51. The number of hydrogen-bond acceptors (Lipinski definition) is 6. The Labute approximate surface area is 171 Å². The number of nitro benzene ring substituents is 1. The minimum atomic E-state index is -0.588. The molecule has 0 aliphatic carbocycles. The van der Waals surface area contributed by atoms with E-state index in [-0.39, 0.29) is 22.5 Å². The van der Waals surface area contributed by atoms with Gasteiger partial charge >= 0.3 is 0 Å². The van der Waals surface area contributed by atoms with Crippen LogP contribution in [0.4, 0.5) is 22.7 Å². The van der Waals surface area contributed by atoms with Gasteiger partial charge in [0.2, 0.25) is 0 Å². The average molecular weight is 403 g/mol. The Kier molecular flexibility index (Phi) is 4.67. The van der Waals surface area contributed by atoms with Gasteiger partial charge in [0, 0.05) is 17.8 Å². The molecular weight excluding hydrogens is 386 g/mol. The lowest BCUT2D eigenvalue weighted by molar-refractivity contribution is -0.383. The third kappa shape index (κ3) is 3.24. The molecule has 150 valence electrons. The molecule has 8 nitrogen and oxygen atoms in total. The average Bonchev–Trinajstić information content (AvgIpc) is 2.98. The molecule has 0 spiro atoms. The maximum atomic E-state index is 13.0. The van der Waals surface area contributed by atoms with Crippen molar-refractivity contribution in [3.63, 3.8) is 0 Å². The van der Waals surface area contributed by atoms with Gasteiger partial charge in [0.05, 0.1) is 28.8 Å². The molecule has 0 radical (unpaired) electrons. The van der Waals surface area contributed by atoms with E-state index in [2.05, 4.69) is 5.32 Å². The fraction of sp³-hybridized carbons (Fsp3) is 0.0909. The number of benzene rings is 3. The molecule has 0 aromatic heterocycles. The van der Waals surface area contributed by atoms with Crippen molar-refractivity contribution in [1.82, 2.24) is 0 Å². The van der Waals surface area contributed by atoms with Crippen molar-refractivity contribution in [2.75, 3.05) is 17.3 Å². The quantitative estimate of drug-likeness (QED) is 0.383. The maximum absolute atomic E-state index is 13.0. The first kappa shape index (κ1) is 19.1. The second-order valence-corrected chi connectivity index (χ2v) is 6.81. The second kappa shape index (κ2) is 7.32. The minimum Gasteiger partial charge on any atom is -0.497 e. The number of fused-ring (bicyclic) bond motifs is 1. The van der Waals surface area contributed by atoms with Gasteiger partial charge in [-0.3, -0.25) is 19.7 Å². The normalized spacial score (nSPS) is 12.7. The lowest BCUT2D eigenvalue weighted by Crippen LogP contribution is -2.29. The highest BCUT2D eigenvalue weighted by Crippen LogP contribution is 2.37. The number of amides is 2. The number of nitrogens with one attached hydrogen (secondary N) is 1. The van der Waals surface area contributed by atoms with E-state index >= 15 is 0 Å². The molecule has 0 saturated heterocycles. The molecule has 1 aliphatic heterocycles. The van der Waals surface area contributed by atoms with Crippen LogP contribution in [0, 0.1) is 17.0 Å².